The monoisotopic (exact) mass is 463 g/mol. The molecule has 1 aliphatic rings. The van der Waals surface area contributed by atoms with Crippen molar-refractivity contribution in [2.24, 2.45) is 7.05 Å². The molecule has 1 unspecified atom stereocenters. The van der Waals surface area contributed by atoms with E-state index >= 15 is 0 Å². The first kappa shape index (κ1) is 23.8. The van der Waals surface area contributed by atoms with Crippen molar-refractivity contribution in [3.05, 3.63) is 46.5 Å². The standard InChI is InChI=1S/C25H33N7O2/c1-6-18-15-32(21-13-23(33)29(4)22-16-30(12-10-26)28-24(21)22)19(7-2)14-31(18)17(3)20-9-8-11-27-25(20)34-5/h8-9,11,13,16-19H,6-7,12,14-15H2,1-5H3/t17?,18-,19+/m1/s1. The molecule has 3 aromatic heterocycles. The minimum atomic E-state index is -0.0715. The molecule has 1 aliphatic heterocycles. The molecule has 0 spiro atoms. The average Bonchev–Trinajstić information content (AvgIpc) is 3.29. The molecule has 9 heteroatoms. The number of aryl methyl sites for hydroxylation is 1. The second-order valence-corrected chi connectivity index (χ2v) is 8.90. The number of anilines is 1. The van der Waals surface area contributed by atoms with Gasteiger partial charge < -0.3 is 14.2 Å². The smallest absolute Gasteiger partial charge is 0.252 e. The molecule has 0 saturated carbocycles. The Balaban J connectivity index is 1.73. The van der Waals surface area contributed by atoms with Crippen molar-refractivity contribution >= 4 is 16.7 Å². The van der Waals surface area contributed by atoms with E-state index in [0.29, 0.717) is 5.88 Å². The first-order valence-corrected chi connectivity index (χ1v) is 11.9. The number of methoxy groups -OCH3 is 1. The Kier molecular flexibility index (Phi) is 6.89. The van der Waals surface area contributed by atoms with E-state index in [1.165, 1.54) is 0 Å². The van der Waals surface area contributed by atoms with Crippen LogP contribution in [-0.4, -0.2) is 56.5 Å². The number of pyridine rings is 2. The van der Waals surface area contributed by atoms with Crippen molar-refractivity contribution < 1.29 is 4.74 Å². The molecule has 3 atom stereocenters. The van der Waals surface area contributed by atoms with Gasteiger partial charge in [-0.15, -0.1) is 0 Å². The van der Waals surface area contributed by atoms with Gasteiger partial charge in [-0.05, 0) is 25.8 Å². The van der Waals surface area contributed by atoms with Gasteiger partial charge >= 0.3 is 0 Å². The van der Waals surface area contributed by atoms with Crippen LogP contribution in [0.15, 0.2) is 35.4 Å². The van der Waals surface area contributed by atoms with E-state index in [2.05, 4.69) is 52.8 Å². The number of piperazine rings is 1. The summed E-state index contributed by atoms with van der Waals surface area (Å²) in [6, 6.07) is 8.51. The van der Waals surface area contributed by atoms with Crippen LogP contribution >= 0.6 is 0 Å². The van der Waals surface area contributed by atoms with Crippen molar-refractivity contribution in [1.82, 2.24) is 24.2 Å². The van der Waals surface area contributed by atoms with Gasteiger partial charge in [-0.1, -0.05) is 19.9 Å². The van der Waals surface area contributed by atoms with Gasteiger partial charge in [0.25, 0.3) is 5.56 Å². The van der Waals surface area contributed by atoms with E-state index in [4.69, 9.17) is 10.00 Å². The van der Waals surface area contributed by atoms with E-state index in [1.807, 2.05) is 6.07 Å². The van der Waals surface area contributed by atoms with Gasteiger partial charge in [0.2, 0.25) is 5.88 Å². The molecule has 0 radical (unpaired) electrons. The summed E-state index contributed by atoms with van der Waals surface area (Å²) in [4.78, 5) is 22.1. The molecule has 0 aromatic carbocycles. The van der Waals surface area contributed by atoms with Gasteiger partial charge in [0.15, 0.2) is 0 Å². The highest BCUT2D eigenvalue weighted by molar-refractivity contribution is 5.88. The predicted molar refractivity (Wildman–Crippen MR) is 132 cm³/mol. The second kappa shape index (κ2) is 9.85. The van der Waals surface area contributed by atoms with E-state index in [1.54, 1.807) is 41.9 Å². The quantitative estimate of drug-likeness (QED) is 0.532. The summed E-state index contributed by atoms with van der Waals surface area (Å²) in [5.41, 5.74) is 3.37. The maximum absolute atomic E-state index is 12.8. The lowest BCUT2D eigenvalue weighted by molar-refractivity contribution is 0.0994. The Bertz CT molecular complexity index is 1260. The maximum Gasteiger partial charge on any atom is 0.252 e. The third-order valence-electron chi connectivity index (χ3n) is 7.10. The summed E-state index contributed by atoms with van der Waals surface area (Å²) >= 11 is 0. The molecule has 4 heterocycles. The Hall–Kier alpha value is -3.38. The number of ether oxygens (including phenoxy) is 1. The lowest BCUT2D eigenvalue weighted by Crippen LogP contribution is -2.58. The Labute approximate surface area is 200 Å². The molecular weight excluding hydrogens is 430 g/mol. The van der Waals surface area contributed by atoms with Gasteiger partial charge in [0, 0.05) is 56.1 Å². The number of nitrogens with zero attached hydrogens (tertiary/aromatic N) is 7. The minimum Gasteiger partial charge on any atom is -0.481 e. The normalized spacial score (nSPS) is 19.8. The van der Waals surface area contributed by atoms with Crippen LogP contribution in [0.5, 0.6) is 5.88 Å². The number of aromatic nitrogens is 4. The van der Waals surface area contributed by atoms with E-state index in [0.717, 1.165) is 48.2 Å². The summed E-state index contributed by atoms with van der Waals surface area (Å²) in [6.45, 7) is 8.39. The third-order valence-corrected chi connectivity index (χ3v) is 7.10. The Morgan fingerprint density at radius 3 is 2.71 bits per heavy atom. The van der Waals surface area contributed by atoms with Crippen LogP contribution in [-0.2, 0) is 13.6 Å². The van der Waals surface area contributed by atoms with Crippen LogP contribution in [0.3, 0.4) is 0 Å². The highest BCUT2D eigenvalue weighted by Crippen LogP contribution is 2.36. The van der Waals surface area contributed by atoms with Crippen LogP contribution in [0.25, 0.3) is 11.0 Å². The molecule has 1 saturated heterocycles. The van der Waals surface area contributed by atoms with Gasteiger partial charge in [-0.2, -0.15) is 10.4 Å². The fraction of sp³-hybridized carbons (Fsp3) is 0.520. The molecule has 0 N–H and O–H groups in total. The SMILES string of the molecule is CC[C@H]1CN(C(C)c2cccnc2OC)[C@H](CC)CN1c1cc(=O)n(C)c2cn(CC#N)nc12. The van der Waals surface area contributed by atoms with Gasteiger partial charge in [0.1, 0.15) is 12.1 Å². The van der Waals surface area contributed by atoms with Gasteiger partial charge in [-0.3, -0.25) is 14.4 Å². The Morgan fingerprint density at radius 1 is 1.26 bits per heavy atom. The molecule has 34 heavy (non-hydrogen) atoms. The highest BCUT2D eigenvalue weighted by atomic mass is 16.5. The molecular formula is C25H33N7O2. The number of rotatable bonds is 7. The van der Waals surface area contributed by atoms with Gasteiger partial charge in [-0.25, -0.2) is 4.98 Å². The van der Waals surface area contributed by atoms with Gasteiger partial charge in [0.05, 0.1) is 30.6 Å². The lowest BCUT2D eigenvalue weighted by Gasteiger charge is -2.49. The first-order chi connectivity index (χ1) is 16.4. The van der Waals surface area contributed by atoms with E-state index in [-0.39, 0.29) is 30.2 Å². The van der Waals surface area contributed by atoms with Crippen molar-refractivity contribution in [2.75, 3.05) is 25.1 Å². The zero-order valence-electron chi connectivity index (χ0n) is 20.6. The van der Waals surface area contributed by atoms with Crippen LogP contribution in [0.4, 0.5) is 5.69 Å². The summed E-state index contributed by atoms with van der Waals surface area (Å²) in [5.74, 6) is 0.664. The number of hydrogen-bond acceptors (Lipinski definition) is 7. The van der Waals surface area contributed by atoms with Crippen molar-refractivity contribution in [3.63, 3.8) is 0 Å². The summed E-state index contributed by atoms with van der Waals surface area (Å²) in [7, 11) is 3.41. The molecule has 3 aromatic rings. The molecule has 0 aliphatic carbocycles. The zero-order valence-corrected chi connectivity index (χ0v) is 20.6. The second-order valence-electron chi connectivity index (χ2n) is 8.90. The van der Waals surface area contributed by atoms with Crippen molar-refractivity contribution in [2.45, 2.75) is 58.3 Å². The molecule has 0 amide bonds. The van der Waals surface area contributed by atoms with Crippen LogP contribution in [0, 0.1) is 11.3 Å². The number of hydrogen-bond donors (Lipinski definition) is 0. The fourth-order valence-electron chi connectivity index (χ4n) is 5.14. The highest BCUT2D eigenvalue weighted by Gasteiger charge is 2.37. The third kappa shape index (κ3) is 4.14. The average molecular weight is 464 g/mol. The zero-order chi connectivity index (χ0) is 24.4. The van der Waals surface area contributed by atoms with E-state index < -0.39 is 0 Å². The summed E-state index contributed by atoms with van der Waals surface area (Å²) in [6.07, 6.45) is 5.44. The lowest BCUT2D eigenvalue weighted by atomic mass is 9.97. The predicted octanol–water partition coefficient (Wildman–Crippen LogP) is 3.10. The van der Waals surface area contributed by atoms with Crippen LogP contribution in [0.2, 0.25) is 0 Å². The van der Waals surface area contributed by atoms with Crippen molar-refractivity contribution in [1.29, 1.82) is 5.26 Å². The maximum atomic E-state index is 12.8. The minimum absolute atomic E-state index is 0.0715. The molecule has 1 fully saturated rings. The molecule has 4 rings (SSSR count). The largest absolute Gasteiger partial charge is 0.481 e. The number of fused-ring (bicyclic) bond motifs is 1. The van der Waals surface area contributed by atoms with Crippen LogP contribution < -0.4 is 15.2 Å². The molecule has 180 valence electrons. The summed E-state index contributed by atoms with van der Waals surface area (Å²) < 4.78 is 8.76. The molecule has 9 nitrogen and oxygen atoms in total. The summed E-state index contributed by atoms with van der Waals surface area (Å²) in [5, 5.41) is 13.8. The molecule has 0 bridgehead atoms. The van der Waals surface area contributed by atoms with E-state index in [9.17, 15) is 4.79 Å². The number of nitriles is 1. The topological polar surface area (TPSA) is 92.2 Å². The fourth-order valence-corrected chi connectivity index (χ4v) is 5.14. The first-order valence-electron chi connectivity index (χ1n) is 11.9. The van der Waals surface area contributed by atoms with Crippen molar-refractivity contribution in [3.8, 4) is 11.9 Å². The van der Waals surface area contributed by atoms with Crippen LogP contribution in [0.1, 0.15) is 45.2 Å². The Morgan fingerprint density at radius 2 is 2.03 bits per heavy atom.